The fourth-order valence-electron chi connectivity index (χ4n) is 2.08. The second-order valence-electron chi connectivity index (χ2n) is 4.15. The second kappa shape index (κ2) is 7.21. The summed E-state index contributed by atoms with van der Waals surface area (Å²) in [5.74, 6) is 0. The molecule has 14 heavy (non-hydrogen) atoms. The predicted molar refractivity (Wildman–Crippen MR) is 59.4 cm³/mol. The Morgan fingerprint density at radius 3 is 2.36 bits per heavy atom. The van der Waals surface area contributed by atoms with Crippen LogP contribution in [0.5, 0.6) is 0 Å². The topological polar surface area (TPSA) is 38.5 Å². The van der Waals surface area contributed by atoms with E-state index in [2.05, 4.69) is 4.90 Å². The van der Waals surface area contributed by atoms with Gasteiger partial charge in [-0.15, -0.1) is 0 Å². The van der Waals surface area contributed by atoms with Crippen LogP contribution < -0.4 is 5.73 Å². The van der Waals surface area contributed by atoms with Gasteiger partial charge < -0.3 is 15.4 Å². The number of methoxy groups -OCH3 is 1. The molecule has 3 nitrogen and oxygen atoms in total. The fourth-order valence-corrected chi connectivity index (χ4v) is 2.08. The molecule has 1 fully saturated rings. The summed E-state index contributed by atoms with van der Waals surface area (Å²) in [7, 11) is 1.79. The van der Waals surface area contributed by atoms with Gasteiger partial charge in [0.1, 0.15) is 0 Å². The molecule has 0 aliphatic carbocycles. The van der Waals surface area contributed by atoms with E-state index in [1.165, 1.54) is 38.8 Å². The van der Waals surface area contributed by atoms with Gasteiger partial charge in [-0.25, -0.2) is 0 Å². The van der Waals surface area contributed by atoms with Crippen molar-refractivity contribution >= 4 is 0 Å². The van der Waals surface area contributed by atoms with Gasteiger partial charge in [-0.05, 0) is 38.9 Å². The van der Waals surface area contributed by atoms with E-state index in [0.29, 0.717) is 6.10 Å². The van der Waals surface area contributed by atoms with Crippen LogP contribution >= 0.6 is 0 Å². The van der Waals surface area contributed by atoms with Crippen molar-refractivity contribution in [3.8, 4) is 0 Å². The van der Waals surface area contributed by atoms with E-state index >= 15 is 0 Å². The minimum Gasteiger partial charge on any atom is -0.380 e. The SMILES string of the molecule is COC(CCN)CN1CCCCCC1. The van der Waals surface area contributed by atoms with Crippen molar-refractivity contribution in [2.75, 3.05) is 33.3 Å². The molecule has 0 amide bonds. The summed E-state index contributed by atoms with van der Waals surface area (Å²) in [5, 5.41) is 0. The van der Waals surface area contributed by atoms with Crippen LogP contribution in [0, 0.1) is 0 Å². The zero-order valence-corrected chi connectivity index (χ0v) is 9.37. The highest BCUT2D eigenvalue weighted by Crippen LogP contribution is 2.11. The van der Waals surface area contributed by atoms with Crippen LogP contribution in [0.1, 0.15) is 32.1 Å². The Bertz CT molecular complexity index is 133. The van der Waals surface area contributed by atoms with Crippen LogP contribution in [0.15, 0.2) is 0 Å². The lowest BCUT2D eigenvalue weighted by molar-refractivity contribution is 0.0607. The van der Waals surface area contributed by atoms with Crippen LogP contribution in [0.3, 0.4) is 0 Å². The van der Waals surface area contributed by atoms with Gasteiger partial charge >= 0.3 is 0 Å². The Morgan fingerprint density at radius 1 is 1.21 bits per heavy atom. The largest absolute Gasteiger partial charge is 0.380 e. The third kappa shape index (κ3) is 4.40. The molecule has 1 atom stereocenters. The van der Waals surface area contributed by atoms with Crippen molar-refractivity contribution in [3.63, 3.8) is 0 Å². The molecule has 0 aromatic heterocycles. The van der Waals surface area contributed by atoms with Crippen LogP contribution in [-0.2, 0) is 4.74 Å². The van der Waals surface area contributed by atoms with Crippen molar-refractivity contribution in [1.29, 1.82) is 0 Å². The number of likely N-dealkylation sites (tertiary alicyclic amines) is 1. The number of rotatable bonds is 5. The maximum absolute atomic E-state index is 5.54. The Balaban J connectivity index is 2.24. The number of nitrogens with zero attached hydrogens (tertiary/aromatic N) is 1. The lowest BCUT2D eigenvalue weighted by atomic mass is 10.2. The molecule has 0 spiro atoms. The highest BCUT2D eigenvalue weighted by Gasteiger charge is 2.14. The highest BCUT2D eigenvalue weighted by molar-refractivity contribution is 4.69. The molecule has 0 aromatic rings. The molecule has 0 bridgehead atoms. The van der Waals surface area contributed by atoms with Crippen molar-refractivity contribution in [2.45, 2.75) is 38.2 Å². The summed E-state index contributed by atoms with van der Waals surface area (Å²) < 4.78 is 5.41. The zero-order chi connectivity index (χ0) is 10.2. The first-order valence-corrected chi connectivity index (χ1v) is 5.82. The summed E-state index contributed by atoms with van der Waals surface area (Å²) in [6.07, 6.45) is 6.79. The number of nitrogens with two attached hydrogens (primary N) is 1. The van der Waals surface area contributed by atoms with Crippen molar-refractivity contribution in [3.05, 3.63) is 0 Å². The summed E-state index contributed by atoms with van der Waals surface area (Å²) in [4.78, 5) is 2.52. The molecular formula is C11H24N2O. The molecule has 0 aromatic carbocycles. The Hall–Kier alpha value is -0.120. The molecule has 2 N–H and O–H groups in total. The van der Waals surface area contributed by atoms with E-state index < -0.39 is 0 Å². The normalized spacial score (nSPS) is 21.9. The molecule has 1 unspecified atom stereocenters. The Morgan fingerprint density at radius 2 is 1.86 bits per heavy atom. The molecular weight excluding hydrogens is 176 g/mol. The minimum atomic E-state index is 0.332. The first-order chi connectivity index (χ1) is 6.86. The molecule has 84 valence electrons. The molecule has 3 heteroatoms. The van der Waals surface area contributed by atoms with E-state index in [-0.39, 0.29) is 0 Å². The quantitative estimate of drug-likeness (QED) is 0.725. The third-order valence-electron chi connectivity index (χ3n) is 2.98. The molecule has 1 heterocycles. The van der Waals surface area contributed by atoms with Gasteiger partial charge in [0.05, 0.1) is 6.10 Å². The lowest BCUT2D eigenvalue weighted by Crippen LogP contribution is -2.35. The van der Waals surface area contributed by atoms with Gasteiger partial charge in [0.25, 0.3) is 0 Å². The predicted octanol–water partition coefficient (Wildman–Crippen LogP) is 1.23. The van der Waals surface area contributed by atoms with Gasteiger partial charge in [-0.3, -0.25) is 0 Å². The molecule has 1 rings (SSSR count). The van der Waals surface area contributed by atoms with Crippen LogP contribution in [0.2, 0.25) is 0 Å². The van der Waals surface area contributed by atoms with Crippen LogP contribution in [0.25, 0.3) is 0 Å². The molecule has 1 aliphatic rings. The summed E-state index contributed by atoms with van der Waals surface area (Å²) in [6, 6.07) is 0. The minimum absolute atomic E-state index is 0.332. The smallest absolute Gasteiger partial charge is 0.0710 e. The number of hydrogen-bond donors (Lipinski definition) is 1. The number of ether oxygens (including phenoxy) is 1. The summed E-state index contributed by atoms with van der Waals surface area (Å²) >= 11 is 0. The van der Waals surface area contributed by atoms with Crippen LogP contribution in [0.4, 0.5) is 0 Å². The zero-order valence-electron chi connectivity index (χ0n) is 9.37. The average Bonchev–Trinajstić information content (AvgIpc) is 2.45. The average molecular weight is 200 g/mol. The molecule has 1 saturated heterocycles. The van der Waals surface area contributed by atoms with Crippen molar-refractivity contribution in [1.82, 2.24) is 4.90 Å². The van der Waals surface area contributed by atoms with E-state index in [1.54, 1.807) is 7.11 Å². The first kappa shape index (κ1) is 12.0. The van der Waals surface area contributed by atoms with E-state index in [4.69, 9.17) is 10.5 Å². The Labute approximate surface area is 87.6 Å². The first-order valence-electron chi connectivity index (χ1n) is 5.82. The molecule has 0 radical (unpaired) electrons. The number of hydrogen-bond acceptors (Lipinski definition) is 3. The van der Waals surface area contributed by atoms with E-state index in [0.717, 1.165) is 19.5 Å². The maximum atomic E-state index is 5.54. The maximum Gasteiger partial charge on any atom is 0.0710 e. The highest BCUT2D eigenvalue weighted by atomic mass is 16.5. The van der Waals surface area contributed by atoms with Crippen molar-refractivity contribution < 1.29 is 4.74 Å². The monoisotopic (exact) mass is 200 g/mol. The summed E-state index contributed by atoms with van der Waals surface area (Å²) in [6.45, 7) is 4.27. The van der Waals surface area contributed by atoms with Crippen molar-refractivity contribution in [2.24, 2.45) is 5.73 Å². The van der Waals surface area contributed by atoms with Gasteiger partial charge in [-0.2, -0.15) is 0 Å². The van der Waals surface area contributed by atoms with E-state index in [1.807, 2.05) is 0 Å². The molecule has 1 aliphatic heterocycles. The lowest BCUT2D eigenvalue weighted by Gasteiger charge is -2.25. The molecule has 0 saturated carbocycles. The van der Waals surface area contributed by atoms with Crippen LogP contribution in [-0.4, -0.2) is 44.3 Å². The Kier molecular flexibility index (Phi) is 6.15. The van der Waals surface area contributed by atoms with Gasteiger partial charge in [0, 0.05) is 13.7 Å². The van der Waals surface area contributed by atoms with Gasteiger partial charge in [0.15, 0.2) is 0 Å². The second-order valence-corrected chi connectivity index (χ2v) is 4.15. The standard InChI is InChI=1S/C11H24N2O/c1-14-11(6-7-12)10-13-8-4-2-3-5-9-13/h11H,2-10,12H2,1H3. The van der Waals surface area contributed by atoms with E-state index in [9.17, 15) is 0 Å². The fraction of sp³-hybridized carbons (Fsp3) is 1.00. The summed E-state index contributed by atoms with van der Waals surface area (Å²) in [5.41, 5.74) is 5.54. The van der Waals surface area contributed by atoms with Gasteiger partial charge in [-0.1, -0.05) is 12.8 Å². The third-order valence-corrected chi connectivity index (χ3v) is 2.98. The van der Waals surface area contributed by atoms with Gasteiger partial charge in [0.2, 0.25) is 0 Å².